The number of carbonyl (C=O) groups is 1. The number of nitrogens with two attached hydrogens (primary N) is 1. The lowest BCUT2D eigenvalue weighted by atomic mass is 9.70. The largest absolute Gasteiger partial charge is 0.329 e. The number of rotatable bonds is 6. The second-order valence-electron chi connectivity index (χ2n) is 5.54. The fraction of sp³-hybridized carbons (Fsp3) is 0.786. The van der Waals surface area contributed by atoms with Crippen LogP contribution in [-0.2, 0) is 17.8 Å². The van der Waals surface area contributed by atoms with Crippen LogP contribution in [0.15, 0.2) is 6.33 Å². The molecule has 2 rings (SSSR count). The fourth-order valence-electron chi connectivity index (χ4n) is 2.98. The Morgan fingerprint density at radius 3 is 2.79 bits per heavy atom. The van der Waals surface area contributed by atoms with Crippen LogP contribution in [0.5, 0.6) is 0 Å². The third-order valence-corrected chi connectivity index (χ3v) is 4.24. The zero-order valence-electron chi connectivity index (χ0n) is 11.8. The molecule has 0 bridgehead atoms. The maximum Gasteiger partial charge on any atom is 0.147 e. The van der Waals surface area contributed by atoms with Crippen molar-refractivity contribution in [2.24, 2.45) is 11.1 Å². The van der Waals surface area contributed by atoms with Gasteiger partial charge in [-0.25, -0.2) is 9.67 Å². The Kier molecular flexibility index (Phi) is 4.69. The minimum absolute atomic E-state index is 0.250. The molecule has 5 heteroatoms. The smallest absolute Gasteiger partial charge is 0.147 e. The van der Waals surface area contributed by atoms with Gasteiger partial charge in [0.05, 0.1) is 6.42 Å². The molecule has 0 unspecified atom stereocenters. The fourth-order valence-corrected chi connectivity index (χ4v) is 2.98. The molecule has 106 valence electrons. The van der Waals surface area contributed by atoms with Crippen LogP contribution in [-0.4, -0.2) is 27.1 Å². The quantitative estimate of drug-likeness (QED) is 0.848. The van der Waals surface area contributed by atoms with E-state index in [1.165, 1.54) is 12.7 Å². The minimum atomic E-state index is -0.304. The highest BCUT2D eigenvalue weighted by Crippen LogP contribution is 2.36. The van der Waals surface area contributed by atoms with Gasteiger partial charge in [-0.15, -0.1) is 0 Å². The highest BCUT2D eigenvalue weighted by atomic mass is 16.1. The number of aromatic nitrogens is 3. The van der Waals surface area contributed by atoms with Gasteiger partial charge in [0, 0.05) is 18.5 Å². The van der Waals surface area contributed by atoms with Gasteiger partial charge >= 0.3 is 0 Å². The van der Waals surface area contributed by atoms with E-state index in [-0.39, 0.29) is 11.2 Å². The lowest BCUT2D eigenvalue weighted by Crippen LogP contribution is -2.41. The van der Waals surface area contributed by atoms with Gasteiger partial charge in [-0.05, 0) is 19.3 Å². The van der Waals surface area contributed by atoms with Crippen LogP contribution in [0, 0.1) is 5.41 Å². The lowest BCUT2D eigenvalue weighted by molar-refractivity contribution is -0.129. The third-order valence-electron chi connectivity index (χ3n) is 4.24. The predicted octanol–water partition coefficient (Wildman–Crippen LogP) is 1.71. The SMILES string of the molecule is CCCn1ncnc1CC(=O)C1(CN)CCCCC1. The second kappa shape index (κ2) is 6.28. The molecule has 19 heavy (non-hydrogen) atoms. The Bertz CT molecular complexity index is 421. The third kappa shape index (κ3) is 3.03. The summed E-state index contributed by atoms with van der Waals surface area (Å²) in [4.78, 5) is 16.8. The van der Waals surface area contributed by atoms with Crippen LogP contribution >= 0.6 is 0 Å². The number of hydrogen-bond acceptors (Lipinski definition) is 4. The van der Waals surface area contributed by atoms with Crippen molar-refractivity contribution < 1.29 is 4.79 Å². The molecule has 0 spiro atoms. The molecule has 1 aliphatic carbocycles. The van der Waals surface area contributed by atoms with Crippen molar-refractivity contribution in [1.82, 2.24) is 14.8 Å². The predicted molar refractivity (Wildman–Crippen MR) is 73.6 cm³/mol. The molecule has 1 heterocycles. The Morgan fingerprint density at radius 1 is 1.42 bits per heavy atom. The maximum absolute atomic E-state index is 12.6. The molecule has 1 fully saturated rings. The molecule has 0 radical (unpaired) electrons. The van der Waals surface area contributed by atoms with Gasteiger partial charge in [-0.1, -0.05) is 26.2 Å². The molecule has 1 aromatic rings. The molecule has 0 saturated heterocycles. The van der Waals surface area contributed by atoms with E-state index in [1.54, 1.807) is 0 Å². The Hall–Kier alpha value is -1.23. The Balaban J connectivity index is 2.08. The molecule has 1 aliphatic rings. The average Bonchev–Trinajstić information content (AvgIpc) is 2.87. The highest BCUT2D eigenvalue weighted by molar-refractivity contribution is 5.86. The summed E-state index contributed by atoms with van der Waals surface area (Å²) in [5.41, 5.74) is 5.60. The summed E-state index contributed by atoms with van der Waals surface area (Å²) in [5.74, 6) is 1.03. The zero-order chi connectivity index (χ0) is 13.7. The summed E-state index contributed by atoms with van der Waals surface area (Å²) in [7, 11) is 0. The average molecular weight is 264 g/mol. The molecule has 0 aromatic carbocycles. The first-order valence-electron chi connectivity index (χ1n) is 7.32. The van der Waals surface area contributed by atoms with E-state index in [0.29, 0.717) is 13.0 Å². The van der Waals surface area contributed by atoms with E-state index in [9.17, 15) is 4.79 Å². The maximum atomic E-state index is 12.6. The second-order valence-corrected chi connectivity index (χ2v) is 5.54. The van der Waals surface area contributed by atoms with Crippen molar-refractivity contribution in [1.29, 1.82) is 0 Å². The van der Waals surface area contributed by atoms with Crippen LogP contribution in [0.4, 0.5) is 0 Å². The number of hydrogen-bond donors (Lipinski definition) is 1. The van der Waals surface area contributed by atoms with E-state index >= 15 is 0 Å². The summed E-state index contributed by atoms with van der Waals surface area (Å²) in [5, 5.41) is 4.17. The van der Waals surface area contributed by atoms with Crippen LogP contribution in [0.1, 0.15) is 51.3 Å². The Morgan fingerprint density at radius 2 is 2.16 bits per heavy atom. The molecule has 0 aliphatic heterocycles. The van der Waals surface area contributed by atoms with Gasteiger partial charge in [0.25, 0.3) is 0 Å². The van der Waals surface area contributed by atoms with E-state index < -0.39 is 0 Å². The zero-order valence-corrected chi connectivity index (χ0v) is 11.8. The summed E-state index contributed by atoms with van der Waals surface area (Å²) < 4.78 is 1.84. The number of nitrogens with zero attached hydrogens (tertiary/aromatic N) is 3. The van der Waals surface area contributed by atoms with Crippen molar-refractivity contribution >= 4 is 5.78 Å². The van der Waals surface area contributed by atoms with Crippen molar-refractivity contribution in [3.8, 4) is 0 Å². The number of Topliss-reactive ketones (excluding diaryl/α,β-unsaturated/α-hetero) is 1. The van der Waals surface area contributed by atoms with Crippen molar-refractivity contribution in [3.63, 3.8) is 0 Å². The molecule has 5 nitrogen and oxygen atoms in total. The van der Waals surface area contributed by atoms with Crippen molar-refractivity contribution in [2.45, 2.75) is 58.4 Å². The van der Waals surface area contributed by atoms with Gasteiger partial charge in [0.15, 0.2) is 0 Å². The van der Waals surface area contributed by atoms with Crippen molar-refractivity contribution in [3.05, 3.63) is 12.2 Å². The van der Waals surface area contributed by atoms with Crippen LogP contribution in [0.25, 0.3) is 0 Å². The Labute approximate surface area is 114 Å². The van der Waals surface area contributed by atoms with E-state index in [0.717, 1.165) is 44.5 Å². The standard InChI is InChI=1S/C14H24N4O/c1-2-8-18-13(16-11-17-18)9-12(19)14(10-15)6-4-3-5-7-14/h11H,2-10,15H2,1H3. The molecule has 1 saturated carbocycles. The molecule has 0 atom stereocenters. The summed E-state index contributed by atoms with van der Waals surface area (Å²) >= 11 is 0. The number of aryl methyl sites for hydroxylation is 1. The van der Waals surface area contributed by atoms with E-state index in [4.69, 9.17) is 5.73 Å². The summed E-state index contributed by atoms with van der Waals surface area (Å²) in [6.45, 7) is 3.38. The molecular formula is C14H24N4O. The summed E-state index contributed by atoms with van der Waals surface area (Å²) in [6.07, 6.45) is 8.22. The summed E-state index contributed by atoms with van der Waals surface area (Å²) in [6, 6.07) is 0. The normalized spacial score (nSPS) is 18.4. The van der Waals surface area contributed by atoms with Crippen LogP contribution in [0.2, 0.25) is 0 Å². The molecular weight excluding hydrogens is 240 g/mol. The van der Waals surface area contributed by atoms with Gasteiger partial charge in [0.2, 0.25) is 0 Å². The molecule has 2 N–H and O–H groups in total. The first-order chi connectivity index (χ1) is 9.22. The first kappa shape index (κ1) is 14.2. The van der Waals surface area contributed by atoms with E-state index in [2.05, 4.69) is 17.0 Å². The number of carbonyl (C=O) groups excluding carboxylic acids is 1. The van der Waals surface area contributed by atoms with Gasteiger partial charge < -0.3 is 5.73 Å². The first-order valence-corrected chi connectivity index (χ1v) is 7.32. The van der Waals surface area contributed by atoms with Gasteiger partial charge in [-0.3, -0.25) is 4.79 Å². The highest BCUT2D eigenvalue weighted by Gasteiger charge is 2.38. The van der Waals surface area contributed by atoms with E-state index in [1.807, 2.05) is 4.68 Å². The van der Waals surface area contributed by atoms with Crippen LogP contribution < -0.4 is 5.73 Å². The number of ketones is 1. The van der Waals surface area contributed by atoms with Gasteiger partial charge in [-0.2, -0.15) is 5.10 Å². The van der Waals surface area contributed by atoms with Crippen LogP contribution in [0.3, 0.4) is 0 Å². The van der Waals surface area contributed by atoms with Crippen molar-refractivity contribution in [2.75, 3.05) is 6.54 Å². The topological polar surface area (TPSA) is 73.8 Å². The molecule has 0 amide bonds. The minimum Gasteiger partial charge on any atom is -0.329 e. The monoisotopic (exact) mass is 264 g/mol. The van der Waals surface area contributed by atoms with Gasteiger partial charge in [0.1, 0.15) is 17.9 Å². The molecule has 1 aromatic heterocycles. The lowest BCUT2D eigenvalue weighted by Gasteiger charge is -2.34.